The summed E-state index contributed by atoms with van der Waals surface area (Å²) in [5.74, 6) is -1.65. The summed E-state index contributed by atoms with van der Waals surface area (Å²) in [5, 5.41) is 18.2. The highest BCUT2D eigenvalue weighted by atomic mass is 19.1. The third-order valence-corrected chi connectivity index (χ3v) is 8.44. The molecule has 0 atom stereocenters. The van der Waals surface area contributed by atoms with Gasteiger partial charge in [0.2, 0.25) is 0 Å². The molecule has 4 amide bonds. The molecule has 2 bridgehead atoms. The highest BCUT2D eigenvalue weighted by Crippen LogP contribution is 2.53. The van der Waals surface area contributed by atoms with Gasteiger partial charge < -0.3 is 26.0 Å². The van der Waals surface area contributed by atoms with Crippen LogP contribution in [0.3, 0.4) is 0 Å². The summed E-state index contributed by atoms with van der Waals surface area (Å²) in [7, 11) is 0. The number of benzene rings is 2. The number of nitrogens with zero attached hydrogens (tertiary/aromatic N) is 1. The van der Waals surface area contributed by atoms with Gasteiger partial charge in [0.05, 0.1) is 5.60 Å². The van der Waals surface area contributed by atoms with Gasteiger partial charge in [-0.3, -0.25) is 9.59 Å². The van der Waals surface area contributed by atoms with E-state index in [0.29, 0.717) is 18.8 Å². The molecule has 2 aromatic rings. The zero-order valence-electron chi connectivity index (χ0n) is 21.9. The summed E-state index contributed by atoms with van der Waals surface area (Å²) in [6.45, 7) is 4.00. The third kappa shape index (κ3) is 5.38. The van der Waals surface area contributed by atoms with Gasteiger partial charge in [0.15, 0.2) is 0 Å². The van der Waals surface area contributed by atoms with Gasteiger partial charge >= 0.3 is 17.8 Å². The lowest BCUT2D eigenvalue weighted by molar-refractivity contribution is -0.141. The van der Waals surface area contributed by atoms with Crippen LogP contribution in [0.25, 0.3) is 0 Å². The summed E-state index contributed by atoms with van der Waals surface area (Å²) in [6.07, 6.45) is 5.12. The molecule has 1 aliphatic heterocycles. The number of anilines is 1. The molecule has 0 spiro atoms. The van der Waals surface area contributed by atoms with E-state index < -0.39 is 17.4 Å². The Morgan fingerprint density at radius 2 is 1.55 bits per heavy atom. The predicted molar refractivity (Wildman–Crippen MR) is 141 cm³/mol. The number of hydrogen-bond acceptors (Lipinski definition) is 4. The van der Waals surface area contributed by atoms with Crippen molar-refractivity contribution in [3.63, 3.8) is 0 Å². The van der Waals surface area contributed by atoms with Gasteiger partial charge in [-0.15, -0.1) is 0 Å². The minimum absolute atomic E-state index is 0.0114. The number of amides is 4. The van der Waals surface area contributed by atoms with E-state index in [2.05, 4.69) is 28.1 Å². The third-order valence-electron chi connectivity index (χ3n) is 8.44. The second-order valence-corrected chi connectivity index (χ2v) is 11.8. The van der Waals surface area contributed by atoms with E-state index in [9.17, 15) is 23.9 Å². The fraction of sp³-hybridized carbons (Fsp3) is 0.483. The monoisotopic (exact) mass is 522 g/mol. The van der Waals surface area contributed by atoms with Crippen molar-refractivity contribution in [1.29, 1.82) is 0 Å². The van der Waals surface area contributed by atoms with Crippen molar-refractivity contribution < 1.29 is 23.9 Å². The number of carbonyl (C=O) groups excluding carboxylic acids is 3. The molecule has 38 heavy (non-hydrogen) atoms. The van der Waals surface area contributed by atoms with Gasteiger partial charge in [0.1, 0.15) is 5.82 Å². The average Bonchev–Trinajstić information content (AvgIpc) is 3.31. The molecule has 4 N–H and O–H groups in total. The first-order valence-electron chi connectivity index (χ1n) is 13.2. The van der Waals surface area contributed by atoms with E-state index in [1.807, 2.05) is 12.1 Å². The molecule has 1 heterocycles. The molecule has 0 saturated heterocycles. The fourth-order valence-electron chi connectivity index (χ4n) is 6.10. The molecule has 9 heteroatoms. The molecule has 0 radical (unpaired) electrons. The van der Waals surface area contributed by atoms with Crippen LogP contribution in [0, 0.1) is 5.82 Å². The number of carbonyl (C=O) groups is 3. The van der Waals surface area contributed by atoms with Crippen molar-refractivity contribution in [2.45, 2.75) is 82.0 Å². The Morgan fingerprint density at radius 1 is 0.921 bits per heavy atom. The number of aliphatic hydroxyl groups is 1. The van der Waals surface area contributed by atoms with Crippen molar-refractivity contribution in [3.8, 4) is 0 Å². The second kappa shape index (κ2) is 9.69. The lowest BCUT2D eigenvalue weighted by atomic mass is 9.55. The SMILES string of the molecule is CC(C)(O)CNC(=O)C(=O)NC12CCC(c3ccc(NC(=O)N4Cc5ccc(F)cc5C4)cc3)(CC1)CC2. The Labute approximate surface area is 222 Å². The molecular formula is C29H35FN4O4. The summed E-state index contributed by atoms with van der Waals surface area (Å²) in [5.41, 5.74) is 2.32. The van der Waals surface area contributed by atoms with Gasteiger partial charge in [0, 0.05) is 30.9 Å². The average molecular weight is 523 g/mol. The van der Waals surface area contributed by atoms with Crippen LogP contribution < -0.4 is 16.0 Å². The summed E-state index contributed by atoms with van der Waals surface area (Å²) in [6, 6.07) is 12.4. The standard InChI is InChI=1S/C29H35FN4O4/c1-27(2,38)18-31-24(35)25(36)33-29-12-9-28(10-13-29,11-14-29)21-4-7-23(8-5-21)32-26(37)34-16-19-3-6-22(30)15-20(19)17-34/h3-8,15,38H,9-14,16-18H2,1-2H3,(H,31,35)(H,32,37)(H,33,36). The molecule has 0 unspecified atom stereocenters. The largest absolute Gasteiger partial charge is 0.389 e. The van der Waals surface area contributed by atoms with E-state index in [4.69, 9.17) is 0 Å². The van der Waals surface area contributed by atoms with Crippen LogP contribution in [0.2, 0.25) is 0 Å². The smallest absolute Gasteiger partial charge is 0.322 e. The summed E-state index contributed by atoms with van der Waals surface area (Å²) >= 11 is 0. The number of hydrogen-bond donors (Lipinski definition) is 4. The Hall–Kier alpha value is -3.46. The Kier molecular flexibility index (Phi) is 6.67. The van der Waals surface area contributed by atoms with Crippen LogP contribution in [0.1, 0.15) is 69.1 Å². The van der Waals surface area contributed by atoms with Crippen LogP contribution >= 0.6 is 0 Å². The molecule has 3 aliphatic carbocycles. The highest BCUT2D eigenvalue weighted by molar-refractivity contribution is 6.35. The van der Waals surface area contributed by atoms with Gasteiger partial charge in [-0.25, -0.2) is 9.18 Å². The minimum Gasteiger partial charge on any atom is -0.389 e. The van der Waals surface area contributed by atoms with Crippen molar-refractivity contribution in [2.75, 3.05) is 11.9 Å². The van der Waals surface area contributed by atoms with Gasteiger partial charge in [-0.05, 0) is 98.7 Å². The Morgan fingerprint density at radius 3 is 2.18 bits per heavy atom. The molecule has 0 aromatic heterocycles. The van der Waals surface area contributed by atoms with Crippen molar-refractivity contribution in [2.24, 2.45) is 0 Å². The van der Waals surface area contributed by atoms with Crippen LogP contribution in [-0.4, -0.2) is 45.5 Å². The fourth-order valence-corrected chi connectivity index (χ4v) is 6.10. The maximum Gasteiger partial charge on any atom is 0.322 e. The molecular weight excluding hydrogens is 487 g/mol. The molecule has 3 saturated carbocycles. The van der Waals surface area contributed by atoms with E-state index in [0.717, 1.165) is 49.7 Å². The van der Waals surface area contributed by atoms with Gasteiger partial charge in [-0.1, -0.05) is 18.2 Å². The lowest BCUT2D eigenvalue weighted by Gasteiger charge is -2.54. The van der Waals surface area contributed by atoms with Crippen molar-refractivity contribution >= 4 is 23.5 Å². The van der Waals surface area contributed by atoms with E-state index in [-0.39, 0.29) is 29.3 Å². The molecule has 6 rings (SSSR count). The maximum absolute atomic E-state index is 13.5. The van der Waals surface area contributed by atoms with E-state index >= 15 is 0 Å². The first-order chi connectivity index (χ1) is 18.0. The Bertz CT molecular complexity index is 1230. The number of urea groups is 1. The lowest BCUT2D eigenvalue weighted by Crippen LogP contribution is -2.60. The van der Waals surface area contributed by atoms with Crippen LogP contribution in [-0.2, 0) is 28.1 Å². The number of halogens is 1. The molecule has 2 aromatic carbocycles. The first kappa shape index (κ1) is 26.2. The van der Waals surface area contributed by atoms with E-state index in [1.165, 1.54) is 17.7 Å². The summed E-state index contributed by atoms with van der Waals surface area (Å²) < 4.78 is 13.5. The second-order valence-electron chi connectivity index (χ2n) is 11.8. The predicted octanol–water partition coefficient (Wildman–Crippen LogP) is 3.72. The number of rotatable bonds is 5. The van der Waals surface area contributed by atoms with E-state index in [1.54, 1.807) is 24.8 Å². The normalized spacial score (nSPS) is 24.1. The number of nitrogens with one attached hydrogen (secondary N) is 3. The van der Waals surface area contributed by atoms with Crippen molar-refractivity contribution in [3.05, 3.63) is 65.0 Å². The highest BCUT2D eigenvalue weighted by Gasteiger charge is 2.50. The molecule has 202 valence electrons. The first-order valence-corrected chi connectivity index (χ1v) is 13.2. The zero-order valence-corrected chi connectivity index (χ0v) is 21.9. The molecule has 3 fully saturated rings. The Balaban J connectivity index is 1.15. The van der Waals surface area contributed by atoms with Crippen molar-refractivity contribution in [1.82, 2.24) is 15.5 Å². The minimum atomic E-state index is -1.08. The molecule has 4 aliphatic rings. The zero-order chi connectivity index (χ0) is 27.1. The van der Waals surface area contributed by atoms with Crippen LogP contribution in [0.15, 0.2) is 42.5 Å². The van der Waals surface area contributed by atoms with Gasteiger partial charge in [-0.2, -0.15) is 0 Å². The summed E-state index contributed by atoms with van der Waals surface area (Å²) in [4.78, 5) is 39.2. The number of fused-ring (bicyclic) bond motifs is 4. The molecule has 8 nitrogen and oxygen atoms in total. The quantitative estimate of drug-likeness (QED) is 0.449. The van der Waals surface area contributed by atoms with Crippen LogP contribution in [0.4, 0.5) is 14.9 Å². The van der Waals surface area contributed by atoms with Crippen LogP contribution in [0.5, 0.6) is 0 Å². The topological polar surface area (TPSA) is 111 Å². The van der Waals surface area contributed by atoms with Gasteiger partial charge in [0.25, 0.3) is 0 Å². The maximum atomic E-state index is 13.5.